The number of hydrogen-bond acceptors (Lipinski definition) is 6. The first-order chi connectivity index (χ1) is 14.3. The van der Waals surface area contributed by atoms with Gasteiger partial charge in [-0.2, -0.15) is 0 Å². The zero-order valence-corrected chi connectivity index (χ0v) is 18.3. The molecule has 0 atom stereocenters. The second-order valence-corrected chi connectivity index (χ2v) is 10.9. The molecular weight excluding hydrogens is 428 g/mol. The van der Waals surface area contributed by atoms with Crippen molar-refractivity contribution in [3.8, 4) is 11.5 Å². The molecule has 0 saturated carbocycles. The molecule has 0 radical (unpaired) electrons. The smallest absolute Gasteiger partial charge is 0.262 e. The van der Waals surface area contributed by atoms with Crippen LogP contribution in [0.15, 0.2) is 41.3 Å². The maximum Gasteiger partial charge on any atom is 0.262 e. The highest BCUT2D eigenvalue weighted by molar-refractivity contribution is 7.93. The molecule has 0 aromatic heterocycles. The average molecular weight is 453 g/mol. The van der Waals surface area contributed by atoms with Gasteiger partial charge in [-0.15, -0.1) is 0 Å². The van der Waals surface area contributed by atoms with Crippen LogP contribution in [0.4, 0.5) is 11.4 Å². The summed E-state index contributed by atoms with van der Waals surface area (Å²) in [7, 11) is -7.22. The highest BCUT2D eigenvalue weighted by Gasteiger charge is 2.27. The number of sulfonamides is 2. The molecule has 10 heteroatoms. The van der Waals surface area contributed by atoms with E-state index in [9.17, 15) is 16.8 Å². The molecule has 2 aromatic rings. The minimum absolute atomic E-state index is 0.0663. The van der Waals surface area contributed by atoms with Crippen molar-refractivity contribution in [1.82, 2.24) is 0 Å². The normalized spacial score (nSPS) is 16.1. The Balaban J connectivity index is 1.60. The standard InChI is InChI=1S/C20H24N2O6S2/c1-2-12-29(23,24)22-9-3-4-15-13-16(5-7-18(15)22)21-30(25,26)17-6-8-19-20(14-17)28-11-10-27-19/h5-8,13-14,21H,2-4,9-12H2,1H3. The van der Waals surface area contributed by atoms with Gasteiger partial charge < -0.3 is 9.47 Å². The lowest BCUT2D eigenvalue weighted by atomic mass is 10.0. The van der Waals surface area contributed by atoms with Crippen molar-refractivity contribution in [3.63, 3.8) is 0 Å². The van der Waals surface area contributed by atoms with Crippen molar-refractivity contribution in [2.24, 2.45) is 0 Å². The minimum atomic E-state index is -3.84. The summed E-state index contributed by atoms with van der Waals surface area (Å²) in [5.41, 5.74) is 1.82. The fourth-order valence-electron chi connectivity index (χ4n) is 3.69. The van der Waals surface area contributed by atoms with Crippen LogP contribution >= 0.6 is 0 Å². The van der Waals surface area contributed by atoms with Crippen LogP contribution in [0, 0.1) is 0 Å². The molecule has 30 heavy (non-hydrogen) atoms. The zero-order valence-electron chi connectivity index (χ0n) is 16.6. The van der Waals surface area contributed by atoms with Crippen molar-refractivity contribution in [1.29, 1.82) is 0 Å². The van der Waals surface area contributed by atoms with E-state index < -0.39 is 20.0 Å². The molecule has 2 aliphatic heterocycles. The summed E-state index contributed by atoms with van der Waals surface area (Å²) in [5, 5.41) is 0. The third-order valence-electron chi connectivity index (χ3n) is 5.03. The monoisotopic (exact) mass is 452 g/mol. The van der Waals surface area contributed by atoms with E-state index >= 15 is 0 Å². The summed E-state index contributed by atoms with van der Waals surface area (Å²) in [6, 6.07) is 9.45. The number of nitrogens with zero attached hydrogens (tertiary/aromatic N) is 1. The van der Waals surface area contributed by atoms with Crippen molar-refractivity contribution in [2.75, 3.05) is 34.5 Å². The summed E-state index contributed by atoms with van der Waals surface area (Å²) < 4.78 is 65.7. The van der Waals surface area contributed by atoms with E-state index in [-0.39, 0.29) is 10.6 Å². The molecule has 8 nitrogen and oxygen atoms in total. The van der Waals surface area contributed by atoms with Gasteiger partial charge in [0.25, 0.3) is 10.0 Å². The molecule has 2 heterocycles. The summed E-state index contributed by atoms with van der Waals surface area (Å²) in [5.74, 6) is 0.999. The first kappa shape index (κ1) is 20.8. The van der Waals surface area contributed by atoms with Crippen molar-refractivity contribution in [2.45, 2.75) is 31.1 Å². The maximum absolute atomic E-state index is 12.9. The summed E-state index contributed by atoms with van der Waals surface area (Å²) in [6.07, 6.45) is 1.92. The summed E-state index contributed by atoms with van der Waals surface area (Å²) in [4.78, 5) is 0.0663. The topological polar surface area (TPSA) is 102 Å². The van der Waals surface area contributed by atoms with Crippen molar-refractivity contribution in [3.05, 3.63) is 42.0 Å². The predicted octanol–water partition coefficient (Wildman–Crippen LogP) is 2.75. The van der Waals surface area contributed by atoms with E-state index in [1.807, 2.05) is 6.92 Å². The van der Waals surface area contributed by atoms with E-state index in [1.54, 1.807) is 24.3 Å². The predicted molar refractivity (Wildman–Crippen MR) is 114 cm³/mol. The van der Waals surface area contributed by atoms with Gasteiger partial charge >= 0.3 is 0 Å². The number of aryl methyl sites for hydroxylation is 1. The van der Waals surface area contributed by atoms with Crippen LogP contribution in [0.2, 0.25) is 0 Å². The molecule has 0 fully saturated rings. The lowest BCUT2D eigenvalue weighted by Crippen LogP contribution is -2.37. The summed E-state index contributed by atoms with van der Waals surface area (Å²) >= 11 is 0. The second-order valence-electron chi connectivity index (χ2n) is 7.25. The number of hydrogen-bond donors (Lipinski definition) is 1. The molecule has 0 saturated heterocycles. The highest BCUT2D eigenvalue weighted by Crippen LogP contribution is 2.34. The number of fused-ring (bicyclic) bond motifs is 2. The Bertz CT molecular complexity index is 1160. The third kappa shape index (κ3) is 4.06. The molecule has 2 aliphatic rings. The van der Waals surface area contributed by atoms with Crippen LogP contribution < -0.4 is 18.5 Å². The number of anilines is 2. The minimum Gasteiger partial charge on any atom is -0.486 e. The summed E-state index contributed by atoms with van der Waals surface area (Å²) in [6.45, 7) is 3.07. The van der Waals surface area contributed by atoms with Crippen LogP contribution in [0.3, 0.4) is 0 Å². The van der Waals surface area contributed by atoms with Gasteiger partial charge in [0, 0.05) is 18.3 Å². The second kappa shape index (κ2) is 7.99. The van der Waals surface area contributed by atoms with E-state index in [0.717, 1.165) is 5.56 Å². The van der Waals surface area contributed by atoms with Crippen LogP contribution in [0.5, 0.6) is 11.5 Å². The van der Waals surface area contributed by atoms with Crippen LogP contribution in [-0.2, 0) is 26.5 Å². The Morgan fingerprint density at radius 2 is 1.77 bits per heavy atom. The van der Waals surface area contributed by atoms with E-state index in [0.29, 0.717) is 61.9 Å². The Kier molecular flexibility index (Phi) is 5.54. The van der Waals surface area contributed by atoms with Gasteiger partial charge in [0.15, 0.2) is 11.5 Å². The number of ether oxygens (including phenoxy) is 2. The Labute approximate surface area is 176 Å². The third-order valence-corrected chi connectivity index (χ3v) is 8.38. The number of benzene rings is 2. The lowest BCUT2D eigenvalue weighted by molar-refractivity contribution is 0.171. The van der Waals surface area contributed by atoms with Gasteiger partial charge in [0.1, 0.15) is 13.2 Å². The number of rotatable bonds is 6. The van der Waals surface area contributed by atoms with Gasteiger partial charge in [-0.05, 0) is 55.2 Å². The van der Waals surface area contributed by atoms with Gasteiger partial charge in [-0.25, -0.2) is 16.8 Å². The van der Waals surface area contributed by atoms with Crippen LogP contribution in [-0.4, -0.2) is 42.3 Å². The Morgan fingerprint density at radius 1 is 1.00 bits per heavy atom. The largest absolute Gasteiger partial charge is 0.486 e. The quantitative estimate of drug-likeness (QED) is 0.723. The van der Waals surface area contributed by atoms with Crippen molar-refractivity contribution >= 4 is 31.4 Å². The SMILES string of the molecule is CCCS(=O)(=O)N1CCCc2cc(NS(=O)(=O)c3ccc4c(c3)OCCO4)ccc21. The molecule has 4 rings (SSSR count). The first-order valence-corrected chi connectivity index (χ1v) is 13.0. The molecule has 0 aliphatic carbocycles. The number of nitrogens with one attached hydrogen (secondary N) is 1. The van der Waals surface area contributed by atoms with Gasteiger partial charge in [0.05, 0.1) is 16.3 Å². The molecule has 0 bridgehead atoms. The molecule has 162 valence electrons. The zero-order chi connectivity index (χ0) is 21.4. The first-order valence-electron chi connectivity index (χ1n) is 9.86. The van der Waals surface area contributed by atoms with Crippen LogP contribution in [0.1, 0.15) is 25.3 Å². The van der Waals surface area contributed by atoms with Gasteiger partial charge in [-0.3, -0.25) is 9.03 Å². The van der Waals surface area contributed by atoms with Gasteiger partial charge in [-0.1, -0.05) is 6.92 Å². The molecular formula is C20H24N2O6S2. The van der Waals surface area contributed by atoms with E-state index in [2.05, 4.69) is 4.72 Å². The average Bonchev–Trinajstić information content (AvgIpc) is 2.72. The van der Waals surface area contributed by atoms with E-state index in [4.69, 9.17) is 9.47 Å². The molecule has 0 amide bonds. The molecule has 1 N–H and O–H groups in total. The Hall–Kier alpha value is -2.46. The fourth-order valence-corrected chi connectivity index (χ4v) is 6.37. The lowest BCUT2D eigenvalue weighted by Gasteiger charge is -2.30. The molecule has 0 unspecified atom stereocenters. The van der Waals surface area contributed by atoms with Crippen molar-refractivity contribution < 1.29 is 26.3 Å². The molecule has 0 spiro atoms. The van der Waals surface area contributed by atoms with E-state index in [1.165, 1.54) is 16.4 Å². The maximum atomic E-state index is 12.9. The highest BCUT2D eigenvalue weighted by atomic mass is 32.2. The Morgan fingerprint density at radius 3 is 2.53 bits per heavy atom. The molecule has 2 aromatic carbocycles. The van der Waals surface area contributed by atoms with Gasteiger partial charge in [0.2, 0.25) is 10.0 Å². The van der Waals surface area contributed by atoms with Crippen LogP contribution in [0.25, 0.3) is 0 Å². The fraction of sp³-hybridized carbons (Fsp3) is 0.400.